The van der Waals surface area contributed by atoms with Crippen molar-refractivity contribution in [1.82, 2.24) is 5.32 Å². The highest BCUT2D eigenvalue weighted by molar-refractivity contribution is 6.42. The molecule has 0 aliphatic heterocycles. The van der Waals surface area contributed by atoms with E-state index in [9.17, 15) is 4.79 Å². The first-order valence-electron chi connectivity index (χ1n) is 5.69. The van der Waals surface area contributed by atoms with E-state index in [1.807, 2.05) is 30.3 Å². The number of carbonyl (C=O) groups is 1. The molecular formula is C14H12Cl2N2O. The zero-order valence-electron chi connectivity index (χ0n) is 9.99. The van der Waals surface area contributed by atoms with Crippen LogP contribution >= 0.6 is 23.2 Å². The third-order valence-electron chi connectivity index (χ3n) is 2.47. The van der Waals surface area contributed by atoms with Gasteiger partial charge in [0, 0.05) is 12.2 Å². The van der Waals surface area contributed by atoms with Gasteiger partial charge in [0.25, 0.3) is 0 Å². The van der Waals surface area contributed by atoms with E-state index in [1.165, 1.54) is 0 Å². The quantitative estimate of drug-likeness (QED) is 0.870. The molecule has 0 heterocycles. The van der Waals surface area contributed by atoms with Crippen LogP contribution in [0.25, 0.3) is 0 Å². The average molecular weight is 295 g/mol. The summed E-state index contributed by atoms with van der Waals surface area (Å²) in [4.78, 5) is 11.7. The van der Waals surface area contributed by atoms with Crippen LogP contribution in [0.1, 0.15) is 5.56 Å². The van der Waals surface area contributed by atoms with Crippen LogP contribution in [0.4, 0.5) is 10.5 Å². The Kier molecular flexibility index (Phi) is 4.66. The highest BCUT2D eigenvalue weighted by Gasteiger charge is 2.03. The van der Waals surface area contributed by atoms with Crippen LogP contribution in [0.5, 0.6) is 0 Å². The van der Waals surface area contributed by atoms with E-state index in [0.29, 0.717) is 22.3 Å². The molecule has 5 heteroatoms. The molecule has 0 unspecified atom stereocenters. The Balaban J connectivity index is 1.89. The summed E-state index contributed by atoms with van der Waals surface area (Å²) in [5, 5.41) is 6.30. The molecule has 98 valence electrons. The zero-order valence-corrected chi connectivity index (χ0v) is 11.5. The van der Waals surface area contributed by atoms with Crippen LogP contribution in [-0.4, -0.2) is 6.03 Å². The molecule has 19 heavy (non-hydrogen) atoms. The van der Waals surface area contributed by atoms with E-state index in [0.717, 1.165) is 5.56 Å². The smallest absolute Gasteiger partial charge is 0.319 e. The van der Waals surface area contributed by atoms with Crippen molar-refractivity contribution in [2.75, 3.05) is 5.32 Å². The summed E-state index contributed by atoms with van der Waals surface area (Å²) >= 11 is 11.7. The zero-order chi connectivity index (χ0) is 13.7. The molecule has 0 bridgehead atoms. The predicted octanol–water partition coefficient (Wildman–Crippen LogP) is 4.32. The number of nitrogens with one attached hydrogen (secondary N) is 2. The van der Waals surface area contributed by atoms with Gasteiger partial charge in [0.1, 0.15) is 0 Å². The lowest BCUT2D eigenvalue weighted by Crippen LogP contribution is -2.28. The minimum atomic E-state index is -0.290. The second kappa shape index (κ2) is 6.45. The fraction of sp³-hybridized carbons (Fsp3) is 0.0714. The van der Waals surface area contributed by atoms with Crippen LogP contribution < -0.4 is 10.6 Å². The summed E-state index contributed by atoms with van der Waals surface area (Å²) in [6, 6.07) is 14.3. The minimum Gasteiger partial charge on any atom is -0.334 e. The number of anilines is 1. The first kappa shape index (κ1) is 13.7. The lowest BCUT2D eigenvalue weighted by atomic mass is 10.2. The van der Waals surface area contributed by atoms with Crippen molar-refractivity contribution in [3.05, 3.63) is 64.1 Å². The van der Waals surface area contributed by atoms with Gasteiger partial charge in [0.15, 0.2) is 0 Å². The molecule has 0 aromatic heterocycles. The number of carbonyl (C=O) groups excluding carboxylic acids is 1. The molecule has 0 aliphatic carbocycles. The van der Waals surface area contributed by atoms with Crippen LogP contribution in [0.15, 0.2) is 48.5 Å². The van der Waals surface area contributed by atoms with Gasteiger partial charge in [0.05, 0.1) is 10.0 Å². The van der Waals surface area contributed by atoms with Crippen molar-refractivity contribution in [3.63, 3.8) is 0 Å². The summed E-state index contributed by atoms with van der Waals surface area (Å²) in [5.41, 5.74) is 1.63. The Hall–Kier alpha value is -1.71. The molecule has 0 atom stereocenters. The van der Waals surface area contributed by atoms with E-state index in [1.54, 1.807) is 18.2 Å². The molecule has 2 amide bonds. The first-order chi connectivity index (χ1) is 9.15. The Bertz CT molecular complexity index is 573. The number of halogens is 2. The molecule has 3 nitrogen and oxygen atoms in total. The van der Waals surface area contributed by atoms with Crippen LogP contribution in [0.2, 0.25) is 10.0 Å². The largest absolute Gasteiger partial charge is 0.334 e. The molecule has 0 aliphatic rings. The maximum Gasteiger partial charge on any atom is 0.319 e. The van der Waals surface area contributed by atoms with Gasteiger partial charge in [-0.1, -0.05) is 53.5 Å². The van der Waals surface area contributed by atoms with Crippen LogP contribution in [0, 0.1) is 0 Å². The van der Waals surface area contributed by atoms with Crippen molar-refractivity contribution >= 4 is 34.9 Å². The molecule has 2 aromatic carbocycles. The van der Waals surface area contributed by atoms with Gasteiger partial charge in [-0.2, -0.15) is 0 Å². The number of urea groups is 1. The van der Waals surface area contributed by atoms with E-state index < -0.39 is 0 Å². The van der Waals surface area contributed by atoms with Gasteiger partial charge in [-0.05, 0) is 23.8 Å². The van der Waals surface area contributed by atoms with E-state index in [4.69, 9.17) is 23.2 Å². The molecule has 2 N–H and O–H groups in total. The van der Waals surface area contributed by atoms with Gasteiger partial charge in [0.2, 0.25) is 0 Å². The van der Waals surface area contributed by atoms with Gasteiger partial charge >= 0.3 is 6.03 Å². The minimum absolute atomic E-state index is 0.290. The topological polar surface area (TPSA) is 41.1 Å². The van der Waals surface area contributed by atoms with Gasteiger partial charge in [-0.15, -0.1) is 0 Å². The fourth-order valence-corrected chi connectivity index (χ4v) is 1.83. The second-order valence-corrected chi connectivity index (χ2v) is 4.74. The first-order valence-corrected chi connectivity index (χ1v) is 6.44. The summed E-state index contributed by atoms with van der Waals surface area (Å²) in [6.07, 6.45) is 0. The molecule has 0 radical (unpaired) electrons. The molecule has 0 saturated carbocycles. The molecular weight excluding hydrogens is 283 g/mol. The Morgan fingerprint density at radius 1 is 1.00 bits per heavy atom. The third kappa shape index (κ3) is 4.16. The molecule has 0 spiro atoms. The van der Waals surface area contributed by atoms with E-state index in [-0.39, 0.29) is 6.03 Å². The summed E-state index contributed by atoms with van der Waals surface area (Å²) in [5.74, 6) is 0. The second-order valence-electron chi connectivity index (χ2n) is 3.92. The Morgan fingerprint density at radius 3 is 2.42 bits per heavy atom. The third-order valence-corrected chi connectivity index (χ3v) is 3.21. The Labute approximate surface area is 121 Å². The van der Waals surface area contributed by atoms with Crippen molar-refractivity contribution in [3.8, 4) is 0 Å². The highest BCUT2D eigenvalue weighted by Crippen LogP contribution is 2.24. The summed E-state index contributed by atoms with van der Waals surface area (Å²) < 4.78 is 0. The SMILES string of the molecule is O=C(NCc1ccccc1)Nc1ccc(Cl)c(Cl)c1. The molecule has 2 rings (SSSR count). The standard InChI is InChI=1S/C14H12Cl2N2O/c15-12-7-6-11(8-13(12)16)18-14(19)17-9-10-4-2-1-3-5-10/h1-8H,9H2,(H2,17,18,19). The molecule has 0 saturated heterocycles. The summed E-state index contributed by atoms with van der Waals surface area (Å²) in [6.45, 7) is 0.466. The van der Waals surface area contributed by atoms with Crippen molar-refractivity contribution in [1.29, 1.82) is 0 Å². The van der Waals surface area contributed by atoms with Crippen molar-refractivity contribution < 1.29 is 4.79 Å². The summed E-state index contributed by atoms with van der Waals surface area (Å²) in [7, 11) is 0. The normalized spacial score (nSPS) is 10.0. The van der Waals surface area contributed by atoms with Crippen molar-refractivity contribution in [2.24, 2.45) is 0 Å². The number of benzene rings is 2. The Morgan fingerprint density at radius 2 is 1.74 bits per heavy atom. The van der Waals surface area contributed by atoms with Gasteiger partial charge in [-0.3, -0.25) is 0 Å². The van der Waals surface area contributed by atoms with E-state index >= 15 is 0 Å². The predicted molar refractivity (Wildman–Crippen MR) is 78.8 cm³/mol. The van der Waals surface area contributed by atoms with Gasteiger partial charge in [-0.25, -0.2) is 4.79 Å². The van der Waals surface area contributed by atoms with Crippen LogP contribution in [0.3, 0.4) is 0 Å². The van der Waals surface area contributed by atoms with E-state index in [2.05, 4.69) is 10.6 Å². The number of hydrogen-bond acceptors (Lipinski definition) is 1. The van der Waals surface area contributed by atoms with Crippen LogP contribution in [-0.2, 0) is 6.54 Å². The number of rotatable bonds is 3. The van der Waals surface area contributed by atoms with Crippen molar-refractivity contribution in [2.45, 2.75) is 6.54 Å². The lowest BCUT2D eigenvalue weighted by Gasteiger charge is -2.08. The molecule has 2 aromatic rings. The number of hydrogen-bond donors (Lipinski definition) is 2. The number of amides is 2. The maximum atomic E-state index is 11.7. The highest BCUT2D eigenvalue weighted by atomic mass is 35.5. The average Bonchev–Trinajstić information content (AvgIpc) is 2.42. The molecule has 0 fully saturated rings. The lowest BCUT2D eigenvalue weighted by molar-refractivity contribution is 0.251. The van der Waals surface area contributed by atoms with Gasteiger partial charge < -0.3 is 10.6 Å². The maximum absolute atomic E-state index is 11.7. The monoisotopic (exact) mass is 294 g/mol. The fourth-order valence-electron chi connectivity index (χ4n) is 1.53.